The van der Waals surface area contributed by atoms with Crippen molar-refractivity contribution in [2.24, 2.45) is 0 Å². The van der Waals surface area contributed by atoms with Crippen molar-refractivity contribution in [2.75, 3.05) is 13.7 Å². The molecule has 0 amide bonds. The maximum atomic E-state index is 14.1. The highest BCUT2D eigenvalue weighted by Crippen LogP contribution is 2.31. The largest absolute Gasteiger partial charge is 0.497 e. The first-order chi connectivity index (χ1) is 9.69. The number of hydrogen-bond donors (Lipinski definition) is 1. The molecule has 108 valence electrons. The molecule has 0 radical (unpaired) electrons. The Balaban J connectivity index is 2.35. The van der Waals surface area contributed by atoms with Gasteiger partial charge in [-0.1, -0.05) is 13.8 Å². The molecule has 2 aromatic rings. The van der Waals surface area contributed by atoms with Crippen LogP contribution in [-0.4, -0.2) is 18.6 Å². The van der Waals surface area contributed by atoms with E-state index < -0.39 is 0 Å². The number of aryl methyl sites for hydroxylation is 1. The third-order valence-electron chi connectivity index (χ3n) is 3.06. The Morgan fingerprint density at radius 1 is 1.35 bits per heavy atom. The molecule has 1 heterocycles. The molecular weight excluding hydrogens is 275 g/mol. The summed E-state index contributed by atoms with van der Waals surface area (Å²) in [5.74, 6) is 0.224. The van der Waals surface area contributed by atoms with Crippen molar-refractivity contribution in [3.63, 3.8) is 0 Å². The Labute approximate surface area is 122 Å². The summed E-state index contributed by atoms with van der Waals surface area (Å²) in [6.45, 7) is 5.83. The summed E-state index contributed by atoms with van der Waals surface area (Å²) >= 11 is 1.55. The summed E-state index contributed by atoms with van der Waals surface area (Å²) in [6, 6.07) is 4.88. The van der Waals surface area contributed by atoms with Crippen LogP contribution in [0.25, 0.3) is 10.6 Å². The molecule has 1 N–H and O–H groups in total. The van der Waals surface area contributed by atoms with Crippen LogP contribution in [-0.2, 0) is 13.0 Å². The van der Waals surface area contributed by atoms with Crippen LogP contribution in [0.15, 0.2) is 18.2 Å². The van der Waals surface area contributed by atoms with Crippen molar-refractivity contribution in [1.82, 2.24) is 10.3 Å². The first-order valence-corrected chi connectivity index (χ1v) is 7.54. The van der Waals surface area contributed by atoms with E-state index in [1.54, 1.807) is 23.5 Å². The minimum absolute atomic E-state index is 0.296. The molecule has 0 aliphatic carbocycles. The van der Waals surface area contributed by atoms with Crippen LogP contribution in [0.5, 0.6) is 5.75 Å². The van der Waals surface area contributed by atoms with Gasteiger partial charge in [0.2, 0.25) is 0 Å². The smallest absolute Gasteiger partial charge is 0.137 e. The van der Waals surface area contributed by atoms with Crippen LogP contribution in [0.4, 0.5) is 4.39 Å². The van der Waals surface area contributed by atoms with Crippen molar-refractivity contribution >= 4 is 11.3 Å². The lowest BCUT2D eigenvalue weighted by Gasteiger charge is -2.02. The van der Waals surface area contributed by atoms with E-state index in [0.717, 1.165) is 30.2 Å². The van der Waals surface area contributed by atoms with E-state index in [0.29, 0.717) is 11.3 Å². The predicted molar refractivity (Wildman–Crippen MR) is 80.8 cm³/mol. The molecule has 0 unspecified atom stereocenters. The molecule has 0 bridgehead atoms. The maximum absolute atomic E-state index is 14.1. The molecule has 3 nitrogen and oxygen atoms in total. The predicted octanol–water partition coefficient (Wildman–Crippen LogP) is 3.63. The fourth-order valence-corrected chi connectivity index (χ4v) is 3.09. The van der Waals surface area contributed by atoms with E-state index >= 15 is 0 Å². The fraction of sp³-hybridized carbons (Fsp3) is 0.400. The van der Waals surface area contributed by atoms with Gasteiger partial charge in [0.25, 0.3) is 0 Å². The molecule has 0 fully saturated rings. The van der Waals surface area contributed by atoms with Crippen LogP contribution >= 0.6 is 11.3 Å². The average molecular weight is 294 g/mol. The summed E-state index contributed by atoms with van der Waals surface area (Å²) in [6.07, 6.45) is 0.856. The number of ether oxygens (including phenoxy) is 1. The standard InChI is InChI=1S/C15H19FN2OS/c1-4-13-14(9-17-5-2)20-15(18-13)11-7-6-10(19-3)8-12(11)16/h6-8,17H,4-5,9H2,1-3H3. The second-order valence-corrected chi connectivity index (χ2v) is 5.45. The number of nitrogens with zero attached hydrogens (tertiary/aromatic N) is 1. The second kappa shape index (κ2) is 6.81. The molecule has 0 spiro atoms. The van der Waals surface area contributed by atoms with E-state index in [-0.39, 0.29) is 5.82 Å². The molecular formula is C15H19FN2OS. The Bertz CT molecular complexity index is 583. The number of methoxy groups -OCH3 is 1. The van der Waals surface area contributed by atoms with Crippen molar-refractivity contribution in [3.8, 4) is 16.3 Å². The molecule has 0 aliphatic heterocycles. The SMILES string of the molecule is CCNCc1sc(-c2ccc(OC)cc2F)nc1CC. The molecule has 1 aromatic heterocycles. The molecule has 5 heteroatoms. The van der Waals surface area contributed by atoms with Gasteiger partial charge in [-0.15, -0.1) is 11.3 Å². The third kappa shape index (κ3) is 3.16. The van der Waals surface area contributed by atoms with Gasteiger partial charge in [-0.25, -0.2) is 9.37 Å². The van der Waals surface area contributed by atoms with Gasteiger partial charge in [0.05, 0.1) is 12.8 Å². The van der Waals surface area contributed by atoms with Crippen LogP contribution < -0.4 is 10.1 Å². The van der Waals surface area contributed by atoms with Gasteiger partial charge in [0.1, 0.15) is 16.6 Å². The van der Waals surface area contributed by atoms with Crippen molar-refractivity contribution < 1.29 is 9.13 Å². The van der Waals surface area contributed by atoms with Gasteiger partial charge in [-0.05, 0) is 25.1 Å². The Morgan fingerprint density at radius 2 is 2.15 bits per heavy atom. The Kier molecular flexibility index (Phi) is 5.09. The van der Waals surface area contributed by atoms with Gasteiger partial charge in [0, 0.05) is 23.1 Å². The number of rotatable bonds is 6. The molecule has 0 aliphatic rings. The number of benzene rings is 1. The zero-order valence-corrected chi connectivity index (χ0v) is 12.8. The molecule has 1 aromatic carbocycles. The lowest BCUT2D eigenvalue weighted by molar-refractivity contribution is 0.411. The molecule has 20 heavy (non-hydrogen) atoms. The number of hydrogen-bond acceptors (Lipinski definition) is 4. The quantitative estimate of drug-likeness (QED) is 0.883. The molecule has 0 saturated carbocycles. The van der Waals surface area contributed by atoms with Crippen molar-refractivity contribution in [2.45, 2.75) is 26.8 Å². The van der Waals surface area contributed by atoms with Gasteiger partial charge in [0.15, 0.2) is 0 Å². The highest BCUT2D eigenvalue weighted by molar-refractivity contribution is 7.15. The zero-order valence-electron chi connectivity index (χ0n) is 12.0. The normalized spacial score (nSPS) is 10.8. The van der Waals surface area contributed by atoms with Gasteiger partial charge in [-0.3, -0.25) is 0 Å². The summed E-state index contributed by atoms with van der Waals surface area (Å²) in [4.78, 5) is 5.75. The number of thiazole rings is 1. The first kappa shape index (κ1) is 14.9. The van der Waals surface area contributed by atoms with E-state index in [4.69, 9.17) is 4.74 Å². The van der Waals surface area contributed by atoms with Crippen LogP contribution in [0, 0.1) is 5.82 Å². The van der Waals surface area contributed by atoms with Crippen molar-refractivity contribution in [1.29, 1.82) is 0 Å². The summed E-state index contributed by atoms with van der Waals surface area (Å²) in [5, 5.41) is 4.02. The average Bonchev–Trinajstić information content (AvgIpc) is 2.87. The maximum Gasteiger partial charge on any atom is 0.137 e. The Hall–Kier alpha value is -1.46. The fourth-order valence-electron chi connectivity index (χ4n) is 1.95. The van der Waals surface area contributed by atoms with Crippen LogP contribution in [0.1, 0.15) is 24.4 Å². The lowest BCUT2D eigenvalue weighted by Crippen LogP contribution is -2.11. The van der Waals surface area contributed by atoms with Gasteiger partial charge >= 0.3 is 0 Å². The van der Waals surface area contributed by atoms with E-state index in [1.165, 1.54) is 18.1 Å². The minimum Gasteiger partial charge on any atom is -0.497 e. The zero-order chi connectivity index (χ0) is 14.5. The second-order valence-electron chi connectivity index (χ2n) is 4.37. The minimum atomic E-state index is -0.296. The first-order valence-electron chi connectivity index (χ1n) is 6.72. The van der Waals surface area contributed by atoms with E-state index in [9.17, 15) is 4.39 Å². The monoisotopic (exact) mass is 294 g/mol. The third-order valence-corrected chi connectivity index (χ3v) is 4.19. The summed E-state index contributed by atoms with van der Waals surface area (Å²) in [7, 11) is 1.53. The summed E-state index contributed by atoms with van der Waals surface area (Å²) < 4.78 is 19.1. The van der Waals surface area contributed by atoms with Crippen molar-refractivity contribution in [3.05, 3.63) is 34.6 Å². The molecule has 2 rings (SSSR count). The van der Waals surface area contributed by atoms with Crippen LogP contribution in [0.2, 0.25) is 0 Å². The Morgan fingerprint density at radius 3 is 2.75 bits per heavy atom. The van der Waals surface area contributed by atoms with E-state index in [1.807, 2.05) is 0 Å². The highest BCUT2D eigenvalue weighted by Gasteiger charge is 2.14. The lowest BCUT2D eigenvalue weighted by atomic mass is 10.2. The molecule has 0 atom stereocenters. The summed E-state index contributed by atoms with van der Waals surface area (Å²) in [5.41, 5.74) is 1.58. The molecule has 0 saturated heterocycles. The van der Waals surface area contributed by atoms with E-state index in [2.05, 4.69) is 24.1 Å². The van der Waals surface area contributed by atoms with Gasteiger partial charge in [-0.2, -0.15) is 0 Å². The topological polar surface area (TPSA) is 34.1 Å². The highest BCUT2D eigenvalue weighted by atomic mass is 32.1. The van der Waals surface area contributed by atoms with Gasteiger partial charge < -0.3 is 10.1 Å². The number of aromatic nitrogens is 1. The number of nitrogens with one attached hydrogen (secondary N) is 1. The number of halogens is 1. The van der Waals surface area contributed by atoms with Crippen LogP contribution in [0.3, 0.4) is 0 Å².